The summed E-state index contributed by atoms with van der Waals surface area (Å²) in [7, 11) is 2.95. The summed E-state index contributed by atoms with van der Waals surface area (Å²) in [5, 5.41) is 11.7. The molecule has 2 amide bonds. The number of piperidine rings is 1. The van der Waals surface area contributed by atoms with E-state index in [0.29, 0.717) is 42.3 Å². The normalized spacial score (nSPS) is 21.3. The van der Waals surface area contributed by atoms with Gasteiger partial charge in [-0.1, -0.05) is 0 Å². The first kappa shape index (κ1) is 19.0. The first-order chi connectivity index (χ1) is 13.0. The third kappa shape index (κ3) is 3.99. The summed E-state index contributed by atoms with van der Waals surface area (Å²) in [5.41, 5.74) is 0.625. The summed E-state index contributed by atoms with van der Waals surface area (Å²) in [6, 6.07) is 3.11. The van der Waals surface area contributed by atoms with Crippen LogP contribution >= 0.6 is 0 Å². The van der Waals surface area contributed by atoms with Gasteiger partial charge >= 0.3 is 5.97 Å². The monoisotopic (exact) mass is 376 g/mol. The van der Waals surface area contributed by atoms with Crippen LogP contribution in [0.3, 0.4) is 0 Å². The van der Waals surface area contributed by atoms with Crippen LogP contribution in [-0.4, -0.2) is 55.1 Å². The molecule has 2 atom stereocenters. The van der Waals surface area contributed by atoms with Gasteiger partial charge in [0, 0.05) is 19.2 Å². The quantitative estimate of drug-likeness (QED) is 0.787. The van der Waals surface area contributed by atoms with Crippen molar-refractivity contribution in [3.8, 4) is 11.5 Å². The van der Waals surface area contributed by atoms with Gasteiger partial charge in [0.05, 0.1) is 37.3 Å². The van der Waals surface area contributed by atoms with Gasteiger partial charge in [-0.15, -0.1) is 0 Å². The number of likely N-dealkylation sites (tertiary alicyclic amines) is 1. The summed E-state index contributed by atoms with van der Waals surface area (Å²) in [5.74, 6) is -2.02. The topological polar surface area (TPSA) is 105 Å². The van der Waals surface area contributed by atoms with E-state index in [2.05, 4.69) is 5.32 Å². The third-order valence-corrected chi connectivity index (χ3v) is 5.10. The van der Waals surface area contributed by atoms with Crippen molar-refractivity contribution >= 4 is 23.5 Å². The SMILES string of the molecule is COc1cc(NC(=O)C2CC2C(=O)O)c(C(=O)N2CCCCC2)cc1OC. The minimum atomic E-state index is -0.980. The zero-order chi connectivity index (χ0) is 19.6. The van der Waals surface area contributed by atoms with Crippen molar-refractivity contribution < 1.29 is 29.0 Å². The number of methoxy groups -OCH3 is 2. The lowest BCUT2D eigenvalue weighted by Gasteiger charge is -2.28. The Hall–Kier alpha value is -2.77. The smallest absolute Gasteiger partial charge is 0.307 e. The van der Waals surface area contributed by atoms with Gasteiger partial charge < -0.3 is 24.8 Å². The number of amides is 2. The number of rotatable bonds is 6. The molecule has 0 spiro atoms. The van der Waals surface area contributed by atoms with E-state index in [0.717, 1.165) is 19.3 Å². The Morgan fingerprint density at radius 1 is 1.04 bits per heavy atom. The number of anilines is 1. The van der Waals surface area contributed by atoms with Crippen molar-refractivity contribution in [2.45, 2.75) is 25.7 Å². The number of nitrogens with zero attached hydrogens (tertiary/aromatic N) is 1. The minimum absolute atomic E-state index is 0.184. The Labute approximate surface area is 157 Å². The Balaban J connectivity index is 1.89. The van der Waals surface area contributed by atoms with E-state index >= 15 is 0 Å². The highest BCUT2D eigenvalue weighted by atomic mass is 16.5. The number of hydrogen-bond acceptors (Lipinski definition) is 5. The second-order valence-electron chi connectivity index (χ2n) is 6.88. The molecule has 1 aromatic rings. The van der Waals surface area contributed by atoms with Gasteiger partial charge in [0.15, 0.2) is 11.5 Å². The molecule has 3 rings (SSSR count). The summed E-state index contributed by atoms with van der Waals surface area (Å²) >= 11 is 0. The zero-order valence-corrected chi connectivity index (χ0v) is 15.5. The molecule has 2 fully saturated rings. The summed E-state index contributed by atoms with van der Waals surface area (Å²) in [4.78, 5) is 38.2. The van der Waals surface area contributed by atoms with Gasteiger partial charge in [-0.25, -0.2) is 0 Å². The van der Waals surface area contributed by atoms with Gasteiger partial charge in [0.25, 0.3) is 5.91 Å². The van der Waals surface area contributed by atoms with Crippen LogP contribution in [0.1, 0.15) is 36.0 Å². The van der Waals surface area contributed by atoms with E-state index < -0.39 is 23.7 Å². The number of aliphatic carboxylic acids is 1. The van der Waals surface area contributed by atoms with Crippen molar-refractivity contribution in [2.75, 3.05) is 32.6 Å². The first-order valence-corrected chi connectivity index (χ1v) is 9.05. The summed E-state index contributed by atoms with van der Waals surface area (Å²) in [6.07, 6.45) is 3.30. The van der Waals surface area contributed by atoms with Crippen molar-refractivity contribution in [2.24, 2.45) is 11.8 Å². The van der Waals surface area contributed by atoms with Crippen LogP contribution in [0.25, 0.3) is 0 Å². The number of carbonyl (C=O) groups excluding carboxylic acids is 2. The molecule has 8 heteroatoms. The van der Waals surface area contributed by atoms with Gasteiger partial charge in [0.2, 0.25) is 5.91 Å². The predicted molar refractivity (Wildman–Crippen MR) is 97.2 cm³/mol. The van der Waals surface area contributed by atoms with Crippen molar-refractivity contribution in [1.29, 1.82) is 0 Å². The molecule has 8 nitrogen and oxygen atoms in total. The molecule has 0 aromatic heterocycles. The molecule has 1 saturated heterocycles. The largest absolute Gasteiger partial charge is 0.493 e. The standard InChI is InChI=1S/C19H24N2O6/c1-26-15-9-13(18(23)21-6-4-3-5-7-21)14(10-16(15)27-2)20-17(22)11-8-12(11)19(24)25/h9-12H,3-8H2,1-2H3,(H,20,22)(H,24,25). The fourth-order valence-electron chi connectivity index (χ4n) is 3.41. The second kappa shape index (κ2) is 7.85. The average Bonchev–Trinajstić information content (AvgIpc) is 3.49. The van der Waals surface area contributed by atoms with Crippen LogP contribution in [-0.2, 0) is 9.59 Å². The van der Waals surface area contributed by atoms with Gasteiger partial charge in [-0.2, -0.15) is 0 Å². The van der Waals surface area contributed by atoms with E-state index in [1.807, 2.05) is 0 Å². The number of benzene rings is 1. The second-order valence-corrected chi connectivity index (χ2v) is 6.88. The first-order valence-electron chi connectivity index (χ1n) is 9.05. The fraction of sp³-hybridized carbons (Fsp3) is 0.526. The zero-order valence-electron chi connectivity index (χ0n) is 15.5. The van der Waals surface area contributed by atoms with Gasteiger partial charge in [0.1, 0.15) is 0 Å². The van der Waals surface area contributed by atoms with Gasteiger partial charge in [-0.05, 0) is 31.7 Å². The van der Waals surface area contributed by atoms with Crippen LogP contribution in [0.4, 0.5) is 5.69 Å². The number of carboxylic acid groups (broad SMARTS) is 1. The van der Waals surface area contributed by atoms with Crippen molar-refractivity contribution in [3.63, 3.8) is 0 Å². The Morgan fingerprint density at radius 2 is 1.67 bits per heavy atom. The number of nitrogens with one attached hydrogen (secondary N) is 1. The molecular weight excluding hydrogens is 352 g/mol. The number of carboxylic acids is 1. The number of ether oxygens (including phenoxy) is 2. The molecule has 2 unspecified atom stereocenters. The molecule has 0 radical (unpaired) electrons. The molecule has 0 bridgehead atoms. The maximum Gasteiger partial charge on any atom is 0.307 e. The highest BCUT2D eigenvalue weighted by Crippen LogP contribution is 2.41. The lowest BCUT2D eigenvalue weighted by Crippen LogP contribution is -2.36. The predicted octanol–water partition coefficient (Wildman–Crippen LogP) is 1.99. The van der Waals surface area contributed by atoms with Crippen LogP contribution in [0.5, 0.6) is 11.5 Å². The Morgan fingerprint density at radius 3 is 2.22 bits per heavy atom. The molecule has 2 aliphatic rings. The van der Waals surface area contributed by atoms with E-state index in [-0.39, 0.29) is 5.91 Å². The third-order valence-electron chi connectivity index (χ3n) is 5.10. The molecule has 146 valence electrons. The Kier molecular flexibility index (Phi) is 5.53. The molecule has 1 aliphatic heterocycles. The lowest BCUT2D eigenvalue weighted by atomic mass is 10.1. The molecule has 1 heterocycles. The van der Waals surface area contributed by atoms with E-state index in [1.165, 1.54) is 14.2 Å². The van der Waals surface area contributed by atoms with Crippen LogP contribution < -0.4 is 14.8 Å². The number of hydrogen-bond donors (Lipinski definition) is 2. The highest BCUT2D eigenvalue weighted by Gasteiger charge is 2.48. The molecule has 1 aromatic carbocycles. The summed E-state index contributed by atoms with van der Waals surface area (Å²) < 4.78 is 10.6. The highest BCUT2D eigenvalue weighted by molar-refractivity contribution is 6.06. The van der Waals surface area contributed by atoms with Crippen LogP contribution in [0, 0.1) is 11.8 Å². The van der Waals surface area contributed by atoms with Crippen LogP contribution in [0.2, 0.25) is 0 Å². The molecule has 1 aliphatic carbocycles. The molecule has 1 saturated carbocycles. The maximum atomic E-state index is 13.0. The van der Waals surface area contributed by atoms with Crippen LogP contribution in [0.15, 0.2) is 12.1 Å². The lowest BCUT2D eigenvalue weighted by molar-refractivity contribution is -0.139. The molecular formula is C19H24N2O6. The van der Waals surface area contributed by atoms with Crippen molar-refractivity contribution in [3.05, 3.63) is 17.7 Å². The summed E-state index contributed by atoms with van der Waals surface area (Å²) in [6.45, 7) is 1.34. The van der Waals surface area contributed by atoms with E-state index in [1.54, 1.807) is 17.0 Å². The molecule has 2 N–H and O–H groups in total. The average molecular weight is 376 g/mol. The van der Waals surface area contributed by atoms with E-state index in [4.69, 9.17) is 14.6 Å². The molecule has 27 heavy (non-hydrogen) atoms. The number of carbonyl (C=O) groups is 3. The van der Waals surface area contributed by atoms with Crippen molar-refractivity contribution in [1.82, 2.24) is 4.90 Å². The minimum Gasteiger partial charge on any atom is -0.493 e. The fourth-order valence-corrected chi connectivity index (χ4v) is 3.41. The maximum absolute atomic E-state index is 13.0. The van der Waals surface area contributed by atoms with E-state index in [9.17, 15) is 14.4 Å². The van der Waals surface area contributed by atoms with Gasteiger partial charge in [-0.3, -0.25) is 14.4 Å². The Bertz CT molecular complexity index is 757.